The number of benzene rings is 1. The topological polar surface area (TPSA) is 130 Å². The minimum atomic E-state index is -1.68. The number of carboxylic acids is 3. The van der Waals surface area contributed by atoms with Crippen LogP contribution in [0.15, 0.2) is 18.2 Å². The second-order valence-electron chi connectivity index (χ2n) is 3.08. The molecule has 7 heteroatoms. The van der Waals surface area contributed by atoms with Crippen LogP contribution in [0.1, 0.15) is 20.7 Å². The van der Waals surface area contributed by atoms with Gasteiger partial charge < -0.3 is 30.2 Å². The molecule has 0 fully saturated rings. The highest BCUT2D eigenvalue weighted by Gasteiger charge is 2.06. The minimum absolute atomic E-state index is 0.164. The Labute approximate surface area is 95.3 Å². The van der Waals surface area contributed by atoms with Crippen molar-refractivity contribution in [1.29, 1.82) is 0 Å². The summed E-state index contributed by atoms with van der Waals surface area (Å²) in [7, 11) is 0. The quantitative estimate of drug-likeness (QED) is 0.600. The molecule has 2 N–H and O–H groups in total. The van der Waals surface area contributed by atoms with Crippen molar-refractivity contribution in [2.24, 2.45) is 0 Å². The van der Waals surface area contributed by atoms with Gasteiger partial charge in [0.1, 0.15) is 6.54 Å². The van der Waals surface area contributed by atoms with E-state index in [1.807, 2.05) is 0 Å². The van der Waals surface area contributed by atoms with Crippen LogP contribution in [0.3, 0.4) is 0 Å². The van der Waals surface area contributed by atoms with Gasteiger partial charge in [0.15, 0.2) is 0 Å². The Morgan fingerprint density at radius 1 is 1.12 bits per heavy atom. The molecule has 0 aliphatic rings. The first-order valence-electron chi connectivity index (χ1n) is 4.44. The lowest BCUT2D eigenvalue weighted by atomic mass is 10.1. The molecule has 0 aromatic heterocycles. The maximum absolute atomic E-state index is 10.7. The lowest BCUT2D eigenvalue weighted by Crippen LogP contribution is -2.30. The fourth-order valence-corrected chi connectivity index (χ4v) is 1.18. The Bertz CT molecular complexity index is 482. The number of carboxylic acid groups (broad SMARTS) is 3. The van der Waals surface area contributed by atoms with Gasteiger partial charge in [-0.3, -0.25) is 4.79 Å². The third kappa shape index (κ3) is 3.20. The van der Waals surface area contributed by atoms with Crippen LogP contribution in [0.4, 0.5) is 5.69 Å². The number of carbonyl (C=O) groups is 3. The predicted octanol–water partition coefficient (Wildman–Crippen LogP) is -2.09. The summed E-state index contributed by atoms with van der Waals surface area (Å²) < 4.78 is 0. The molecule has 1 aromatic rings. The van der Waals surface area contributed by atoms with E-state index >= 15 is 0 Å². The number of nitrogens with one attached hydrogen (secondary N) is 1. The Kier molecular flexibility index (Phi) is 3.66. The summed E-state index contributed by atoms with van der Waals surface area (Å²) in [6, 6.07) is 3.22. The van der Waals surface area contributed by atoms with E-state index in [1.54, 1.807) is 0 Å². The second kappa shape index (κ2) is 4.97. The van der Waals surface area contributed by atoms with E-state index in [4.69, 9.17) is 5.11 Å². The summed E-state index contributed by atoms with van der Waals surface area (Å²) in [6.45, 7) is -0.419. The minimum Gasteiger partial charge on any atom is -0.545 e. The van der Waals surface area contributed by atoms with Gasteiger partial charge in [-0.05, 0) is 12.1 Å². The normalized spacial score (nSPS) is 9.65. The maximum Gasteiger partial charge on any atom is 0.322 e. The van der Waals surface area contributed by atoms with Crippen LogP contribution in [0.2, 0.25) is 0 Å². The lowest BCUT2D eigenvalue weighted by molar-refractivity contribution is -0.259. The zero-order valence-corrected chi connectivity index (χ0v) is 8.43. The first kappa shape index (κ1) is 12.5. The van der Waals surface area contributed by atoms with Gasteiger partial charge in [0, 0.05) is 16.8 Å². The molecule has 17 heavy (non-hydrogen) atoms. The summed E-state index contributed by atoms with van der Waals surface area (Å²) in [5.74, 6) is -4.46. The lowest BCUT2D eigenvalue weighted by Gasteiger charge is -2.13. The molecule has 7 nitrogen and oxygen atoms in total. The Morgan fingerprint density at radius 3 is 2.18 bits per heavy atom. The molecule has 90 valence electrons. The van der Waals surface area contributed by atoms with Crippen molar-refractivity contribution in [1.82, 2.24) is 0 Å². The molecule has 0 aliphatic heterocycles. The zero-order valence-electron chi connectivity index (χ0n) is 8.43. The van der Waals surface area contributed by atoms with Crippen molar-refractivity contribution in [2.75, 3.05) is 11.9 Å². The van der Waals surface area contributed by atoms with Gasteiger partial charge in [-0.1, -0.05) is 6.07 Å². The monoisotopic (exact) mass is 237 g/mol. The maximum atomic E-state index is 10.7. The number of rotatable bonds is 5. The van der Waals surface area contributed by atoms with Gasteiger partial charge >= 0.3 is 5.97 Å². The van der Waals surface area contributed by atoms with Crippen molar-refractivity contribution >= 4 is 23.6 Å². The number of aliphatic carboxylic acids is 1. The van der Waals surface area contributed by atoms with Crippen LogP contribution >= 0.6 is 0 Å². The molecule has 0 saturated heterocycles. The van der Waals surface area contributed by atoms with Crippen molar-refractivity contribution in [2.45, 2.75) is 0 Å². The predicted molar refractivity (Wildman–Crippen MR) is 51.2 cm³/mol. The Morgan fingerprint density at radius 2 is 1.71 bits per heavy atom. The molecule has 1 rings (SSSR count). The van der Waals surface area contributed by atoms with Crippen LogP contribution in [0.5, 0.6) is 0 Å². The van der Waals surface area contributed by atoms with E-state index in [9.17, 15) is 24.6 Å². The van der Waals surface area contributed by atoms with Gasteiger partial charge in [-0.15, -0.1) is 0 Å². The summed E-state index contributed by atoms with van der Waals surface area (Å²) in [4.78, 5) is 31.5. The molecule has 0 radical (unpaired) electrons. The van der Waals surface area contributed by atoms with Crippen molar-refractivity contribution in [3.63, 3.8) is 0 Å². The highest BCUT2D eigenvalue weighted by molar-refractivity contribution is 6.01. The number of carbonyl (C=O) groups excluding carboxylic acids is 2. The Hall–Kier alpha value is -2.57. The second-order valence-corrected chi connectivity index (χ2v) is 3.08. The van der Waals surface area contributed by atoms with E-state index in [2.05, 4.69) is 5.32 Å². The van der Waals surface area contributed by atoms with Crippen molar-refractivity contribution in [3.05, 3.63) is 29.3 Å². The van der Waals surface area contributed by atoms with Gasteiger partial charge in [0.2, 0.25) is 0 Å². The third-order valence-electron chi connectivity index (χ3n) is 1.90. The fourth-order valence-electron chi connectivity index (χ4n) is 1.18. The number of anilines is 1. The van der Waals surface area contributed by atoms with Gasteiger partial charge in [-0.2, -0.15) is 0 Å². The summed E-state index contributed by atoms with van der Waals surface area (Å²) in [5.41, 5.74) is -0.928. The average molecular weight is 237 g/mol. The first-order chi connectivity index (χ1) is 7.91. The smallest absolute Gasteiger partial charge is 0.322 e. The van der Waals surface area contributed by atoms with E-state index < -0.39 is 35.6 Å². The highest BCUT2D eigenvalue weighted by atomic mass is 16.4. The number of hydrogen-bond donors (Lipinski definition) is 2. The molecule has 0 saturated carbocycles. The fraction of sp³-hybridized carbons (Fsp3) is 0.100. The highest BCUT2D eigenvalue weighted by Crippen LogP contribution is 2.15. The molecule has 0 atom stereocenters. The molecule has 0 spiro atoms. The van der Waals surface area contributed by atoms with Crippen LogP contribution in [-0.4, -0.2) is 29.6 Å². The standard InChI is InChI=1S/C10H9NO6/c12-8(13)4-11-5-1-2-6(9(14)15)7(3-5)10(16)17/h1-3,11H,4H2,(H,12,13)(H,14,15)(H,16,17)/p-2. The molecule has 0 unspecified atom stereocenters. The summed E-state index contributed by atoms with van der Waals surface area (Å²) in [5, 5.41) is 32.1. The molecule has 0 bridgehead atoms. The van der Waals surface area contributed by atoms with Crippen LogP contribution in [-0.2, 0) is 4.79 Å². The summed E-state index contributed by atoms with van der Waals surface area (Å²) in [6.07, 6.45) is 0. The van der Waals surface area contributed by atoms with Crippen LogP contribution in [0, 0.1) is 0 Å². The van der Waals surface area contributed by atoms with Crippen molar-refractivity contribution in [3.8, 4) is 0 Å². The molecule has 0 amide bonds. The third-order valence-corrected chi connectivity index (χ3v) is 1.90. The van der Waals surface area contributed by atoms with E-state index in [0.717, 1.165) is 12.1 Å². The van der Waals surface area contributed by atoms with E-state index in [1.165, 1.54) is 6.07 Å². The van der Waals surface area contributed by atoms with Crippen LogP contribution < -0.4 is 15.5 Å². The molecule has 0 aliphatic carbocycles. The van der Waals surface area contributed by atoms with Crippen LogP contribution in [0.25, 0.3) is 0 Å². The zero-order chi connectivity index (χ0) is 13.0. The molecular formula is C10H7NO6-2. The first-order valence-corrected chi connectivity index (χ1v) is 4.44. The average Bonchev–Trinajstić information content (AvgIpc) is 2.25. The van der Waals surface area contributed by atoms with E-state index in [-0.39, 0.29) is 5.69 Å². The SMILES string of the molecule is O=C(O)CNc1ccc(C(=O)[O-])c(C(=O)[O-])c1. The largest absolute Gasteiger partial charge is 0.545 e. The number of aromatic carboxylic acids is 2. The van der Waals surface area contributed by atoms with Crippen molar-refractivity contribution < 1.29 is 29.7 Å². The molecule has 1 aromatic carbocycles. The molecule has 0 heterocycles. The van der Waals surface area contributed by atoms with Gasteiger partial charge in [-0.25, -0.2) is 0 Å². The van der Waals surface area contributed by atoms with Gasteiger partial charge in [0.05, 0.1) is 11.9 Å². The Balaban J connectivity index is 3.05. The molecular weight excluding hydrogens is 230 g/mol. The van der Waals surface area contributed by atoms with E-state index in [0.29, 0.717) is 0 Å². The number of hydrogen-bond acceptors (Lipinski definition) is 6. The summed E-state index contributed by atoms with van der Waals surface area (Å²) >= 11 is 0. The van der Waals surface area contributed by atoms with Gasteiger partial charge in [0.25, 0.3) is 0 Å².